The molecule has 0 aromatic carbocycles. The molecule has 2 heterocycles. The lowest BCUT2D eigenvalue weighted by atomic mass is 10.1. The van der Waals surface area contributed by atoms with Gasteiger partial charge in [0.1, 0.15) is 11.6 Å². The summed E-state index contributed by atoms with van der Waals surface area (Å²) in [5.41, 5.74) is 2.47. The van der Waals surface area contributed by atoms with Gasteiger partial charge >= 0.3 is 0 Å². The van der Waals surface area contributed by atoms with E-state index >= 15 is 0 Å². The van der Waals surface area contributed by atoms with E-state index in [-0.39, 0.29) is 12.4 Å². The van der Waals surface area contributed by atoms with Crippen molar-refractivity contribution >= 4 is 18.2 Å². The fourth-order valence-corrected chi connectivity index (χ4v) is 2.83. The van der Waals surface area contributed by atoms with Crippen LogP contribution < -0.4 is 10.2 Å². The maximum Gasteiger partial charge on any atom is 0.130 e. The lowest BCUT2D eigenvalue weighted by Gasteiger charge is -2.16. The third-order valence-electron chi connectivity index (χ3n) is 3.87. The van der Waals surface area contributed by atoms with Crippen molar-refractivity contribution in [3.63, 3.8) is 0 Å². The van der Waals surface area contributed by atoms with Gasteiger partial charge < -0.3 is 14.8 Å². The Bertz CT molecular complexity index is 614. The summed E-state index contributed by atoms with van der Waals surface area (Å²) in [5, 5.41) is 8.24. The van der Waals surface area contributed by atoms with E-state index in [1.807, 2.05) is 31.0 Å². The Hall–Kier alpha value is -1.53. The highest BCUT2D eigenvalue weighted by Crippen LogP contribution is 2.26. The minimum absolute atomic E-state index is 0. The number of imidazole rings is 1. The summed E-state index contributed by atoms with van der Waals surface area (Å²) >= 11 is 0. The second-order valence-corrected chi connectivity index (χ2v) is 6.20. The van der Waals surface area contributed by atoms with Gasteiger partial charge in [-0.25, -0.2) is 4.98 Å². The molecule has 0 aliphatic rings. The molecule has 0 bridgehead atoms. The smallest absolute Gasteiger partial charge is 0.130 e. The molecule has 130 valence electrons. The summed E-state index contributed by atoms with van der Waals surface area (Å²) in [7, 11) is 6.15. The molecule has 0 atom stereocenters. The number of halogens is 1. The Balaban J connectivity index is 0.00000264. The van der Waals surface area contributed by atoms with Gasteiger partial charge in [-0.2, -0.15) is 5.10 Å². The van der Waals surface area contributed by atoms with Crippen molar-refractivity contribution in [3.8, 4) is 0 Å². The van der Waals surface area contributed by atoms with Gasteiger partial charge in [0.25, 0.3) is 0 Å². The SMILES string of the molecule is Cc1nccn1CCNCc1c(C(C)C)nn(C)c1N(C)C.Cl. The van der Waals surface area contributed by atoms with Gasteiger partial charge in [0.15, 0.2) is 0 Å². The highest BCUT2D eigenvalue weighted by atomic mass is 35.5. The number of hydrogen-bond acceptors (Lipinski definition) is 4. The molecule has 23 heavy (non-hydrogen) atoms. The first kappa shape index (κ1) is 19.5. The molecule has 0 saturated carbocycles. The first-order valence-electron chi connectivity index (χ1n) is 7.83. The molecule has 0 aliphatic heterocycles. The summed E-state index contributed by atoms with van der Waals surface area (Å²) in [6, 6.07) is 0. The average Bonchev–Trinajstić information content (AvgIpc) is 2.98. The zero-order valence-electron chi connectivity index (χ0n) is 15.0. The van der Waals surface area contributed by atoms with Crippen LogP contribution in [0.3, 0.4) is 0 Å². The number of anilines is 1. The highest BCUT2D eigenvalue weighted by molar-refractivity contribution is 5.85. The molecule has 0 saturated heterocycles. The first-order valence-corrected chi connectivity index (χ1v) is 7.83. The van der Waals surface area contributed by atoms with E-state index in [2.05, 4.69) is 47.7 Å². The molecule has 0 unspecified atom stereocenters. The Labute approximate surface area is 145 Å². The van der Waals surface area contributed by atoms with E-state index < -0.39 is 0 Å². The van der Waals surface area contributed by atoms with Crippen LogP contribution >= 0.6 is 12.4 Å². The number of rotatable bonds is 7. The van der Waals surface area contributed by atoms with Crippen molar-refractivity contribution in [2.75, 3.05) is 25.5 Å². The van der Waals surface area contributed by atoms with Crippen molar-refractivity contribution in [2.24, 2.45) is 7.05 Å². The minimum Gasteiger partial charge on any atom is -0.363 e. The van der Waals surface area contributed by atoms with Crippen molar-refractivity contribution in [2.45, 2.75) is 39.8 Å². The molecule has 0 spiro atoms. The molecule has 0 radical (unpaired) electrons. The second-order valence-electron chi connectivity index (χ2n) is 6.20. The second kappa shape index (κ2) is 8.36. The largest absolute Gasteiger partial charge is 0.363 e. The summed E-state index contributed by atoms with van der Waals surface area (Å²) in [4.78, 5) is 6.38. The fourth-order valence-electron chi connectivity index (χ4n) is 2.83. The molecule has 1 N–H and O–H groups in total. The third kappa shape index (κ3) is 4.48. The summed E-state index contributed by atoms with van der Waals surface area (Å²) in [6.07, 6.45) is 3.86. The molecule has 6 nitrogen and oxygen atoms in total. The van der Waals surface area contributed by atoms with Crippen LogP contribution in [-0.2, 0) is 20.1 Å². The van der Waals surface area contributed by atoms with Gasteiger partial charge in [0.2, 0.25) is 0 Å². The Morgan fingerprint density at radius 2 is 2.00 bits per heavy atom. The van der Waals surface area contributed by atoms with Crippen LogP contribution in [0.5, 0.6) is 0 Å². The molecule has 2 aromatic heterocycles. The van der Waals surface area contributed by atoms with E-state index in [9.17, 15) is 0 Å². The van der Waals surface area contributed by atoms with Gasteiger partial charge in [-0.3, -0.25) is 4.68 Å². The standard InChI is InChI=1S/C16H28N6.ClH/c1-12(2)15-14(16(20(4)5)21(6)19-15)11-17-7-9-22-10-8-18-13(22)3;/h8,10,12,17H,7,9,11H2,1-6H3;1H. The normalized spacial score (nSPS) is 10.9. The number of aromatic nitrogens is 4. The van der Waals surface area contributed by atoms with Crippen LogP contribution in [0, 0.1) is 6.92 Å². The van der Waals surface area contributed by atoms with Gasteiger partial charge in [-0.15, -0.1) is 12.4 Å². The number of aryl methyl sites for hydroxylation is 2. The number of nitrogens with one attached hydrogen (secondary N) is 1. The van der Waals surface area contributed by atoms with Crippen molar-refractivity contribution < 1.29 is 0 Å². The minimum atomic E-state index is 0. The molecule has 7 heteroatoms. The van der Waals surface area contributed by atoms with Crippen LogP contribution in [0.2, 0.25) is 0 Å². The summed E-state index contributed by atoms with van der Waals surface area (Å²) < 4.78 is 4.14. The van der Waals surface area contributed by atoms with E-state index in [0.717, 1.165) is 25.5 Å². The van der Waals surface area contributed by atoms with Gasteiger partial charge in [-0.05, 0) is 12.8 Å². The summed E-state index contributed by atoms with van der Waals surface area (Å²) in [5.74, 6) is 2.66. The van der Waals surface area contributed by atoms with Crippen LogP contribution in [0.15, 0.2) is 12.4 Å². The maximum absolute atomic E-state index is 4.69. The van der Waals surface area contributed by atoms with E-state index in [1.54, 1.807) is 0 Å². The van der Waals surface area contributed by atoms with E-state index in [1.165, 1.54) is 17.1 Å². The van der Waals surface area contributed by atoms with Gasteiger partial charge in [-0.1, -0.05) is 13.8 Å². The Kier molecular flexibility index (Phi) is 7.09. The topological polar surface area (TPSA) is 50.9 Å². The molecule has 0 aliphatic carbocycles. The zero-order valence-corrected chi connectivity index (χ0v) is 15.8. The van der Waals surface area contributed by atoms with Gasteiger partial charge in [0, 0.05) is 58.7 Å². The Morgan fingerprint density at radius 3 is 2.52 bits per heavy atom. The Morgan fingerprint density at radius 1 is 1.30 bits per heavy atom. The molecule has 2 rings (SSSR count). The molecular formula is C16H29ClN6. The molecule has 0 fully saturated rings. The first-order chi connectivity index (χ1) is 10.4. The van der Waals surface area contributed by atoms with Gasteiger partial charge in [0.05, 0.1) is 5.69 Å². The average molecular weight is 341 g/mol. The van der Waals surface area contributed by atoms with Crippen molar-refractivity contribution in [1.82, 2.24) is 24.6 Å². The number of nitrogens with zero attached hydrogens (tertiary/aromatic N) is 5. The number of hydrogen-bond donors (Lipinski definition) is 1. The quantitative estimate of drug-likeness (QED) is 0.786. The van der Waals surface area contributed by atoms with Crippen LogP contribution in [-0.4, -0.2) is 40.0 Å². The van der Waals surface area contributed by atoms with Crippen LogP contribution in [0.1, 0.15) is 36.8 Å². The lowest BCUT2D eigenvalue weighted by Crippen LogP contribution is -2.22. The maximum atomic E-state index is 4.69. The zero-order chi connectivity index (χ0) is 16.3. The third-order valence-corrected chi connectivity index (χ3v) is 3.87. The predicted molar refractivity (Wildman–Crippen MR) is 97.5 cm³/mol. The molecule has 2 aromatic rings. The van der Waals surface area contributed by atoms with Crippen molar-refractivity contribution in [1.29, 1.82) is 0 Å². The van der Waals surface area contributed by atoms with Crippen LogP contribution in [0.25, 0.3) is 0 Å². The van der Waals surface area contributed by atoms with E-state index in [4.69, 9.17) is 5.10 Å². The molecular weight excluding hydrogens is 312 g/mol. The van der Waals surface area contributed by atoms with E-state index in [0.29, 0.717) is 5.92 Å². The predicted octanol–water partition coefficient (Wildman–Crippen LogP) is 2.33. The lowest BCUT2D eigenvalue weighted by molar-refractivity contribution is 0.584. The summed E-state index contributed by atoms with van der Waals surface area (Å²) in [6.45, 7) is 9.10. The van der Waals surface area contributed by atoms with Crippen molar-refractivity contribution in [3.05, 3.63) is 29.5 Å². The fraction of sp³-hybridized carbons (Fsp3) is 0.625. The van der Waals surface area contributed by atoms with Crippen LogP contribution in [0.4, 0.5) is 5.82 Å². The highest BCUT2D eigenvalue weighted by Gasteiger charge is 2.19. The molecule has 0 amide bonds. The monoisotopic (exact) mass is 340 g/mol.